The average molecular weight is 417 g/mol. The van der Waals surface area contributed by atoms with Gasteiger partial charge in [0, 0.05) is 12.1 Å². The lowest BCUT2D eigenvalue weighted by atomic mass is 10.1. The lowest BCUT2D eigenvalue weighted by Gasteiger charge is -2.07. The third kappa shape index (κ3) is 5.74. The largest absolute Gasteiger partial charge is 0.489 e. The summed E-state index contributed by atoms with van der Waals surface area (Å²) in [6, 6.07) is 20.9. The van der Waals surface area contributed by atoms with Crippen LogP contribution < -0.4 is 10.1 Å². The number of rotatable bonds is 7. The molecule has 3 aromatic carbocycles. The monoisotopic (exact) mass is 417 g/mol. The third-order valence-corrected chi connectivity index (χ3v) is 4.21. The highest BCUT2D eigenvalue weighted by Gasteiger charge is 2.15. The molecule has 0 aromatic heterocycles. The van der Waals surface area contributed by atoms with Crippen LogP contribution >= 0.6 is 0 Å². The molecule has 0 aliphatic heterocycles. The molecule has 8 heteroatoms. The van der Waals surface area contributed by atoms with E-state index in [1.54, 1.807) is 30.3 Å². The smallest absolute Gasteiger partial charge is 0.271 e. The number of halogens is 1. The Morgan fingerprint density at radius 1 is 1.13 bits per heavy atom. The molecule has 0 bridgehead atoms. The van der Waals surface area contributed by atoms with Crippen LogP contribution in [-0.2, 0) is 11.4 Å². The van der Waals surface area contributed by atoms with Gasteiger partial charge in [-0.3, -0.25) is 14.9 Å². The van der Waals surface area contributed by atoms with Crippen LogP contribution in [0.1, 0.15) is 11.1 Å². The number of carbonyl (C=O) groups is 1. The van der Waals surface area contributed by atoms with Gasteiger partial charge in [0.1, 0.15) is 29.8 Å². The molecule has 3 aromatic rings. The van der Waals surface area contributed by atoms with Gasteiger partial charge in [-0.15, -0.1) is 0 Å². The Hall–Kier alpha value is -4.51. The lowest BCUT2D eigenvalue weighted by molar-refractivity contribution is -0.384. The zero-order valence-corrected chi connectivity index (χ0v) is 16.1. The minimum absolute atomic E-state index is 0.288. The number of amides is 1. The van der Waals surface area contributed by atoms with Crippen molar-refractivity contribution in [1.29, 1.82) is 5.26 Å². The van der Waals surface area contributed by atoms with Gasteiger partial charge in [-0.25, -0.2) is 4.39 Å². The van der Waals surface area contributed by atoms with Crippen LogP contribution in [0.25, 0.3) is 6.08 Å². The van der Waals surface area contributed by atoms with E-state index in [0.29, 0.717) is 17.9 Å². The summed E-state index contributed by atoms with van der Waals surface area (Å²) < 4.78 is 19.6. The fraction of sp³-hybridized carbons (Fsp3) is 0.0435. The maximum Gasteiger partial charge on any atom is 0.271 e. The molecular weight excluding hydrogens is 401 g/mol. The van der Waals surface area contributed by atoms with E-state index in [1.807, 2.05) is 30.3 Å². The third-order valence-electron chi connectivity index (χ3n) is 4.21. The second-order valence-corrected chi connectivity index (χ2v) is 6.39. The molecule has 31 heavy (non-hydrogen) atoms. The number of nitriles is 1. The van der Waals surface area contributed by atoms with Crippen molar-refractivity contribution < 1.29 is 18.8 Å². The van der Waals surface area contributed by atoms with Crippen LogP contribution in [0.5, 0.6) is 5.75 Å². The normalized spacial score (nSPS) is 10.8. The number of nitrogens with zero attached hydrogens (tertiary/aromatic N) is 2. The van der Waals surface area contributed by atoms with Crippen LogP contribution in [-0.4, -0.2) is 10.8 Å². The van der Waals surface area contributed by atoms with E-state index in [-0.39, 0.29) is 16.9 Å². The summed E-state index contributed by atoms with van der Waals surface area (Å²) in [6.07, 6.45) is 1.32. The Morgan fingerprint density at radius 2 is 1.84 bits per heavy atom. The predicted molar refractivity (Wildman–Crippen MR) is 112 cm³/mol. The van der Waals surface area contributed by atoms with Crippen molar-refractivity contribution in [1.82, 2.24) is 0 Å². The minimum atomic E-state index is -0.883. The maximum atomic E-state index is 13.9. The van der Waals surface area contributed by atoms with E-state index >= 15 is 0 Å². The number of carbonyl (C=O) groups excluding carboxylic acids is 1. The fourth-order valence-electron chi connectivity index (χ4n) is 2.63. The number of nitro benzene ring substituents is 1. The van der Waals surface area contributed by atoms with Crippen molar-refractivity contribution in [2.24, 2.45) is 0 Å². The van der Waals surface area contributed by atoms with Crippen molar-refractivity contribution >= 4 is 23.4 Å². The molecule has 0 saturated heterocycles. The molecule has 0 heterocycles. The summed E-state index contributed by atoms with van der Waals surface area (Å²) in [5, 5.41) is 22.3. The van der Waals surface area contributed by atoms with E-state index in [2.05, 4.69) is 5.32 Å². The van der Waals surface area contributed by atoms with Crippen LogP contribution in [0.4, 0.5) is 15.8 Å². The molecule has 0 unspecified atom stereocenters. The van der Waals surface area contributed by atoms with Gasteiger partial charge in [0.05, 0.1) is 10.6 Å². The van der Waals surface area contributed by atoms with E-state index in [1.165, 1.54) is 6.08 Å². The zero-order valence-electron chi connectivity index (χ0n) is 16.1. The number of benzene rings is 3. The molecule has 0 aliphatic carbocycles. The Labute approximate surface area is 177 Å². The quantitative estimate of drug-likeness (QED) is 0.256. The topological polar surface area (TPSA) is 105 Å². The van der Waals surface area contributed by atoms with Crippen molar-refractivity contribution in [3.8, 4) is 11.8 Å². The predicted octanol–water partition coefficient (Wildman–Crippen LogP) is 4.86. The van der Waals surface area contributed by atoms with Crippen molar-refractivity contribution in [2.75, 3.05) is 5.32 Å². The first-order chi connectivity index (χ1) is 15.0. The Balaban J connectivity index is 1.69. The number of ether oxygens (including phenoxy) is 1. The number of anilines is 1. The SMILES string of the molecule is N#C/C(=C\c1ccc(OCc2ccccc2)cc1)C(=O)Nc1cc([N+](=O)[O-])ccc1F. The molecule has 0 aliphatic rings. The van der Waals surface area contributed by atoms with E-state index < -0.39 is 16.6 Å². The van der Waals surface area contributed by atoms with Crippen LogP contribution in [0.2, 0.25) is 0 Å². The van der Waals surface area contributed by atoms with Crippen LogP contribution in [0.3, 0.4) is 0 Å². The molecule has 3 rings (SSSR count). The molecule has 0 atom stereocenters. The zero-order chi connectivity index (χ0) is 22.2. The summed E-state index contributed by atoms with van der Waals surface area (Å²) >= 11 is 0. The number of nitrogens with one attached hydrogen (secondary N) is 1. The average Bonchev–Trinajstić information content (AvgIpc) is 2.78. The van der Waals surface area contributed by atoms with Crippen molar-refractivity contribution in [3.05, 3.63) is 105 Å². The Morgan fingerprint density at radius 3 is 2.48 bits per heavy atom. The molecule has 154 valence electrons. The summed E-state index contributed by atoms with van der Waals surface area (Å²) in [6.45, 7) is 0.399. The summed E-state index contributed by atoms with van der Waals surface area (Å²) in [5.74, 6) is -1.12. The standard InChI is InChI=1S/C23H16FN3O4/c24-21-11-8-19(27(29)30)13-22(21)26-23(28)18(14-25)12-16-6-9-20(10-7-16)31-15-17-4-2-1-3-5-17/h1-13H,15H2,(H,26,28)/b18-12+. The fourth-order valence-corrected chi connectivity index (χ4v) is 2.63. The molecule has 0 radical (unpaired) electrons. The van der Waals surface area contributed by atoms with Crippen LogP contribution in [0.15, 0.2) is 78.4 Å². The minimum Gasteiger partial charge on any atom is -0.489 e. The molecule has 1 N–H and O–H groups in total. The maximum absolute atomic E-state index is 13.9. The molecule has 0 fully saturated rings. The van der Waals surface area contributed by atoms with Crippen molar-refractivity contribution in [3.63, 3.8) is 0 Å². The van der Waals surface area contributed by atoms with E-state index in [9.17, 15) is 24.6 Å². The second-order valence-electron chi connectivity index (χ2n) is 6.39. The van der Waals surface area contributed by atoms with Gasteiger partial charge < -0.3 is 10.1 Å². The van der Waals surface area contributed by atoms with Gasteiger partial charge >= 0.3 is 0 Å². The molecule has 0 saturated carbocycles. The molecule has 0 spiro atoms. The number of non-ortho nitro benzene ring substituents is 1. The van der Waals surface area contributed by atoms with Gasteiger partial charge in [-0.05, 0) is 35.4 Å². The van der Waals surface area contributed by atoms with Gasteiger partial charge in [0.2, 0.25) is 0 Å². The molecule has 1 amide bonds. The first-order valence-electron chi connectivity index (χ1n) is 9.10. The first kappa shape index (κ1) is 21.2. The first-order valence-corrected chi connectivity index (χ1v) is 9.10. The highest BCUT2D eigenvalue weighted by atomic mass is 19.1. The molecular formula is C23H16FN3O4. The van der Waals surface area contributed by atoms with E-state index in [4.69, 9.17) is 4.74 Å². The molecule has 7 nitrogen and oxygen atoms in total. The van der Waals surface area contributed by atoms with Gasteiger partial charge in [-0.2, -0.15) is 5.26 Å². The Bertz CT molecular complexity index is 1170. The van der Waals surface area contributed by atoms with Gasteiger partial charge in [0.25, 0.3) is 11.6 Å². The highest BCUT2D eigenvalue weighted by Crippen LogP contribution is 2.22. The van der Waals surface area contributed by atoms with E-state index in [0.717, 1.165) is 23.8 Å². The number of hydrogen-bond acceptors (Lipinski definition) is 5. The number of nitro groups is 1. The lowest BCUT2D eigenvalue weighted by Crippen LogP contribution is -2.14. The summed E-state index contributed by atoms with van der Waals surface area (Å²) in [4.78, 5) is 22.5. The Kier molecular flexibility index (Phi) is 6.71. The summed E-state index contributed by atoms with van der Waals surface area (Å²) in [5.41, 5.74) is 0.515. The number of hydrogen-bond donors (Lipinski definition) is 1. The van der Waals surface area contributed by atoms with Crippen LogP contribution in [0, 0.1) is 27.3 Å². The summed E-state index contributed by atoms with van der Waals surface area (Å²) in [7, 11) is 0. The van der Waals surface area contributed by atoms with Crippen molar-refractivity contribution in [2.45, 2.75) is 6.61 Å². The second kappa shape index (κ2) is 9.80. The van der Waals surface area contributed by atoms with Gasteiger partial charge in [0.15, 0.2) is 0 Å². The highest BCUT2D eigenvalue weighted by molar-refractivity contribution is 6.09. The van der Waals surface area contributed by atoms with Gasteiger partial charge in [-0.1, -0.05) is 42.5 Å².